The molecule has 18 heavy (non-hydrogen) atoms. The molecule has 3 atom stereocenters. The van der Waals surface area contributed by atoms with Gasteiger partial charge in [0.2, 0.25) is 0 Å². The SMILES string of the molecule is CCC1CCC(Br)C(Cc2ccc(C)cc2Cl)C1. The van der Waals surface area contributed by atoms with Crippen LogP contribution < -0.4 is 0 Å². The Labute approximate surface area is 124 Å². The molecule has 0 amide bonds. The van der Waals surface area contributed by atoms with E-state index in [0.717, 1.165) is 23.3 Å². The summed E-state index contributed by atoms with van der Waals surface area (Å²) in [7, 11) is 0. The van der Waals surface area contributed by atoms with E-state index < -0.39 is 0 Å². The van der Waals surface area contributed by atoms with Crippen molar-refractivity contribution in [2.24, 2.45) is 11.8 Å². The standard InChI is InChI=1S/C16H22BrCl/c1-3-12-5-7-15(17)14(9-12)10-13-6-4-11(2)8-16(13)18/h4,6,8,12,14-15H,3,5,7,9-10H2,1-2H3. The quantitative estimate of drug-likeness (QED) is 0.616. The van der Waals surface area contributed by atoms with Crippen LogP contribution in [0, 0.1) is 18.8 Å². The molecule has 0 aromatic heterocycles. The summed E-state index contributed by atoms with van der Waals surface area (Å²) < 4.78 is 0. The Balaban J connectivity index is 2.07. The number of hydrogen-bond acceptors (Lipinski definition) is 0. The minimum atomic E-state index is 0.665. The highest BCUT2D eigenvalue weighted by Crippen LogP contribution is 2.38. The van der Waals surface area contributed by atoms with E-state index in [4.69, 9.17) is 11.6 Å². The van der Waals surface area contributed by atoms with Gasteiger partial charge in [-0.1, -0.05) is 53.0 Å². The molecule has 1 saturated carbocycles. The second kappa shape index (κ2) is 6.43. The van der Waals surface area contributed by atoms with Gasteiger partial charge in [0.1, 0.15) is 0 Å². The number of alkyl halides is 1. The maximum atomic E-state index is 6.35. The summed E-state index contributed by atoms with van der Waals surface area (Å²) in [6.45, 7) is 4.41. The molecule has 0 N–H and O–H groups in total. The third-order valence-electron chi connectivity index (χ3n) is 4.27. The van der Waals surface area contributed by atoms with Crippen LogP contribution in [-0.4, -0.2) is 4.83 Å². The second-order valence-electron chi connectivity index (χ2n) is 5.66. The first-order chi connectivity index (χ1) is 8.60. The molecule has 0 saturated heterocycles. The Morgan fingerprint density at radius 2 is 2.11 bits per heavy atom. The lowest BCUT2D eigenvalue weighted by atomic mass is 9.77. The largest absolute Gasteiger partial charge is 0.0888 e. The molecule has 2 rings (SSSR count). The van der Waals surface area contributed by atoms with Gasteiger partial charge >= 0.3 is 0 Å². The average molecular weight is 330 g/mol. The van der Waals surface area contributed by atoms with Gasteiger partial charge in [-0.2, -0.15) is 0 Å². The fourth-order valence-electron chi connectivity index (χ4n) is 3.01. The fraction of sp³-hybridized carbons (Fsp3) is 0.625. The molecule has 1 fully saturated rings. The summed E-state index contributed by atoms with van der Waals surface area (Å²) in [6.07, 6.45) is 6.47. The zero-order valence-electron chi connectivity index (χ0n) is 11.3. The van der Waals surface area contributed by atoms with Gasteiger partial charge in [0.25, 0.3) is 0 Å². The molecule has 3 unspecified atom stereocenters. The molecule has 0 spiro atoms. The summed E-state index contributed by atoms with van der Waals surface area (Å²) in [4.78, 5) is 0.665. The number of rotatable bonds is 3. The Hall–Kier alpha value is -0.0100. The third-order valence-corrected chi connectivity index (χ3v) is 5.82. The Bertz CT molecular complexity index is 402. The number of benzene rings is 1. The van der Waals surface area contributed by atoms with E-state index >= 15 is 0 Å². The molecular weight excluding hydrogens is 308 g/mol. The Morgan fingerprint density at radius 1 is 1.33 bits per heavy atom. The van der Waals surface area contributed by atoms with E-state index in [-0.39, 0.29) is 0 Å². The van der Waals surface area contributed by atoms with E-state index in [2.05, 4.69) is 48.0 Å². The molecule has 0 nitrogen and oxygen atoms in total. The van der Waals surface area contributed by atoms with E-state index in [9.17, 15) is 0 Å². The molecule has 100 valence electrons. The molecule has 1 aliphatic carbocycles. The van der Waals surface area contributed by atoms with E-state index in [1.807, 2.05) is 0 Å². The summed E-state index contributed by atoms with van der Waals surface area (Å²) in [5.74, 6) is 1.65. The van der Waals surface area contributed by atoms with Gasteiger partial charge in [-0.15, -0.1) is 0 Å². The van der Waals surface area contributed by atoms with Crippen molar-refractivity contribution in [3.8, 4) is 0 Å². The van der Waals surface area contributed by atoms with Crippen LogP contribution in [0.15, 0.2) is 18.2 Å². The van der Waals surface area contributed by atoms with Gasteiger partial charge in [-0.05, 0) is 61.6 Å². The first-order valence-electron chi connectivity index (χ1n) is 6.99. The van der Waals surface area contributed by atoms with Gasteiger partial charge in [0, 0.05) is 9.85 Å². The lowest BCUT2D eigenvalue weighted by Crippen LogP contribution is -2.26. The van der Waals surface area contributed by atoms with Crippen molar-refractivity contribution in [2.75, 3.05) is 0 Å². The normalized spacial score (nSPS) is 28.3. The van der Waals surface area contributed by atoms with Crippen LogP contribution in [0.3, 0.4) is 0 Å². The van der Waals surface area contributed by atoms with Crippen molar-refractivity contribution in [1.82, 2.24) is 0 Å². The van der Waals surface area contributed by atoms with E-state index in [1.54, 1.807) is 0 Å². The van der Waals surface area contributed by atoms with E-state index in [0.29, 0.717) is 4.83 Å². The van der Waals surface area contributed by atoms with Crippen LogP contribution in [0.1, 0.15) is 43.7 Å². The molecule has 1 aromatic rings. The second-order valence-corrected chi connectivity index (χ2v) is 7.25. The molecule has 0 aliphatic heterocycles. The van der Waals surface area contributed by atoms with Gasteiger partial charge < -0.3 is 0 Å². The molecule has 0 bridgehead atoms. The van der Waals surface area contributed by atoms with Crippen LogP contribution in [0.2, 0.25) is 5.02 Å². The summed E-state index contributed by atoms with van der Waals surface area (Å²) in [5, 5.41) is 0.938. The maximum Gasteiger partial charge on any atom is 0.0440 e. The van der Waals surface area contributed by atoms with Gasteiger partial charge in [0.05, 0.1) is 0 Å². The minimum absolute atomic E-state index is 0.665. The Morgan fingerprint density at radius 3 is 2.78 bits per heavy atom. The minimum Gasteiger partial charge on any atom is -0.0888 e. The summed E-state index contributed by atoms with van der Waals surface area (Å²) >= 11 is 10.2. The molecule has 0 radical (unpaired) electrons. The van der Waals surface area contributed by atoms with Crippen LogP contribution in [-0.2, 0) is 6.42 Å². The van der Waals surface area contributed by atoms with Gasteiger partial charge in [-0.3, -0.25) is 0 Å². The molecule has 1 aromatic carbocycles. The monoisotopic (exact) mass is 328 g/mol. The first kappa shape index (κ1) is 14.4. The van der Waals surface area contributed by atoms with Crippen LogP contribution in [0.4, 0.5) is 0 Å². The van der Waals surface area contributed by atoms with Gasteiger partial charge in [0.15, 0.2) is 0 Å². The number of halogens is 2. The van der Waals surface area contributed by atoms with Crippen LogP contribution in [0.25, 0.3) is 0 Å². The zero-order chi connectivity index (χ0) is 13.1. The van der Waals surface area contributed by atoms with Crippen molar-refractivity contribution >= 4 is 27.5 Å². The van der Waals surface area contributed by atoms with Crippen LogP contribution in [0.5, 0.6) is 0 Å². The lowest BCUT2D eigenvalue weighted by molar-refractivity contribution is 0.271. The highest BCUT2D eigenvalue weighted by atomic mass is 79.9. The average Bonchev–Trinajstić information content (AvgIpc) is 2.35. The predicted octanol–water partition coefficient (Wildman–Crippen LogP) is 5.78. The van der Waals surface area contributed by atoms with Crippen molar-refractivity contribution in [1.29, 1.82) is 0 Å². The smallest absolute Gasteiger partial charge is 0.0440 e. The maximum absolute atomic E-state index is 6.35. The Kier molecular flexibility index (Phi) is 5.14. The number of aryl methyl sites for hydroxylation is 1. The summed E-state index contributed by atoms with van der Waals surface area (Å²) in [6, 6.07) is 6.46. The highest BCUT2D eigenvalue weighted by molar-refractivity contribution is 9.09. The van der Waals surface area contributed by atoms with E-state index in [1.165, 1.54) is 36.8 Å². The fourth-order valence-corrected chi connectivity index (χ4v) is 3.99. The van der Waals surface area contributed by atoms with Crippen molar-refractivity contribution in [3.05, 3.63) is 34.3 Å². The summed E-state index contributed by atoms with van der Waals surface area (Å²) in [5.41, 5.74) is 2.56. The van der Waals surface area contributed by atoms with Crippen LogP contribution >= 0.6 is 27.5 Å². The lowest BCUT2D eigenvalue weighted by Gasteiger charge is -2.33. The molecule has 2 heteroatoms. The van der Waals surface area contributed by atoms with Crippen molar-refractivity contribution in [3.63, 3.8) is 0 Å². The highest BCUT2D eigenvalue weighted by Gasteiger charge is 2.28. The predicted molar refractivity (Wildman–Crippen MR) is 83.7 cm³/mol. The number of hydrogen-bond donors (Lipinski definition) is 0. The van der Waals surface area contributed by atoms with Crippen molar-refractivity contribution < 1.29 is 0 Å². The topological polar surface area (TPSA) is 0 Å². The van der Waals surface area contributed by atoms with Crippen molar-refractivity contribution in [2.45, 2.75) is 50.8 Å². The first-order valence-corrected chi connectivity index (χ1v) is 8.28. The van der Waals surface area contributed by atoms with Gasteiger partial charge in [-0.25, -0.2) is 0 Å². The third kappa shape index (κ3) is 3.51. The zero-order valence-corrected chi connectivity index (χ0v) is 13.6. The molecule has 0 heterocycles. The molecule has 1 aliphatic rings. The molecular formula is C16H22BrCl.